The molecule has 2 aromatic carbocycles. The van der Waals surface area contributed by atoms with Gasteiger partial charge in [-0.15, -0.1) is 0 Å². The summed E-state index contributed by atoms with van der Waals surface area (Å²) in [7, 11) is 0. The highest BCUT2D eigenvalue weighted by molar-refractivity contribution is 5.87. The molecule has 0 aliphatic carbocycles. The van der Waals surface area contributed by atoms with Crippen molar-refractivity contribution >= 4 is 5.91 Å². The van der Waals surface area contributed by atoms with E-state index < -0.39 is 12.0 Å². The quantitative estimate of drug-likeness (QED) is 0.490. The number of aromatic amines is 1. The van der Waals surface area contributed by atoms with Gasteiger partial charge in [-0.2, -0.15) is 10.1 Å². The largest absolute Gasteiger partial charge is 0.343 e. The number of aromatic nitrogens is 5. The van der Waals surface area contributed by atoms with E-state index in [0.717, 1.165) is 11.1 Å². The Morgan fingerprint density at radius 3 is 2.17 bits per heavy atom. The van der Waals surface area contributed by atoms with Crippen LogP contribution < -0.4 is 5.32 Å². The summed E-state index contributed by atoms with van der Waals surface area (Å²) in [5, 5.41) is 13.6. The molecule has 0 aliphatic heterocycles. The van der Waals surface area contributed by atoms with Crippen molar-refractivity contribution in [2.75, 3.05) is 0 Å². The molecule has 0 fully saturated rings. The molecule has 1 amide bonds. The first-order valence-electron chi connectivity index (χ1n) is 9.73. The topological polar surface area (TPSA) is 110 Å². The molecule has 0 radical (unpaired) electrons. The molecular weight excluding hydrogens is 380 g/mol. The van der Waals surface area contributed by atoms with Crippen molar-refractivity contribution in [3.05, 3.63) is 84.0 Å². The molecule has 0 aliphatic rings. The minimum absolute atomic E-state index is 0.0316. The van der Waals surface area contributed by atoms with Gasteiger partial charge < -0.3 is 9.84 Å². The molecule has 4 rings (SSSR count). The third-order valence-electron chi connectivity index (χ3n) is 4.83. The molecule has 0 saturated heterocycles. The van der Waals surface area contributed by atoms with E-state index >= 15 is 0 Å². The third-order valence-corrected chi connectivity index (χ3v) is 4.83. The number of hydrogen-bond acceptors (Lipinski definition) is 6. The van der Waals surface area contributed by atoms with Crippen LogP contribution in [-0.4, -0.2) is 31.2 Å². The van der Waals surface area contributed by atoms with Gasteiger partial charge in [-0.25, -0.2) is 4.98 Å². The molecule has 152 valence electrons. The fourth-order valence-electron chi connectivity index (χ4n) is 3.31. The van der Waals surface area contributed by atoms with Crippen molar-refractivity contribution in [3.63, 3.8) is 0 Å². The van der Waals surface area contributed by atoms with Crippen LogP contribution in [0.5, 0.6) is 0 Å². The number of hydrogen-bond donors (Lipinski definition) is 2. The highest BCUT2D eigenvalue weighted by Gasteiger charge is 2.30. The number of rotatable bonds is 7. The number of carbonyl (C=O) groups excluding carboxylic acids is 1. The maximum Gasteiger partial charge on any atom is 0.249 e. The first-order chi connectivity index (χ1) is 14.6. The van der Waals surface area contributed by atoms with Gasteiger partial charge in [-0.1, -0.05) is 79.7 Å². The van der Waals surface area contributed by atoms with Crippen molar-refractivity contribution in [3.8, 4) is 11.6 Å². The monoisotopic (exact) mass is 402 g/mol. The lowest BCUT2D eigenvalue weighted by atomic mass is 9.90. The molecular formula is C22H22N6O2. The van der Waals surface area contributed by atoms with E-state index in [1.165, 1.54) is 6.33 Å². The molecule has 0 bridgehead atoms. The Balaban J connectivity index is 1.63. The van der Waals surface area contributed by atoms with E-state index in [9.17, 15) is 4.79 Å². The first kappa shape index (κ1) is 19.5. The molecule has 1 atom stereocenters. The van der Waals surface area contributed by atoms with Crippen LogP contribution in [0.3, 0.4) is 0 Å². The highest BCUT2D eigenvalue weighted by atomic mass is 16.5. The zero-order valence-electron chi connectivity index (χ0n) is 16.7. The van der Waals surface area contributed by atoms with Crippen molar-refractivity contribution in [1.82, 2.24) is 30.6 Å². The van der Waals surface area contributed by atoms with Crippen LogP contribution in [0.25, 0.3) is 11.6 Å². The van der Waals surface area contributed by atoms with Crippen LogP contribution in [0.2, 0.25) is 0 Å². The molecule has 2 N–H and O–H groups in total. The van der Waals surface area contributed by atoms with Crippen molar-refractivity contribution in [2.45, 2.75) is 25.8 Å². The molecule has 8 nitrogen and oxygen atoms in total. The number of H-pyrrole nitrogens is 1. The summed E-state index contributed by atoms with van der Waals surface area (Å²) in [5.74, 6) is 0.472. The van der Waals surface area contributed by atoms with Gasteiger partial charge >= 0.3 is 0 Å². The average molecular weight is 402 g/mol. The number of nitrogens with zero attached hydrogens (tertiary/aromatic N) is 4. The summed E-state index contributed by atoms with van der Waals surface area (Å²) in [5.41, 5.74) is 1.83. The van der Waals surface area contributed by atoms with Crippen molar-refractivity contribution in [2.24, 2.45) is 5.92 Å². The Kier molecular flexibility index (Phi) is 5.65. The molecule has 0 spiro atoms. The second-order valence-corrected chi connectivity index (χ2v) is 7.27. The van der Waals surface area contributed by atoms with Gasteiger partial charge in [-0.3, -0.25) is 9.89 Å². The van der Waals surface area contributed by atoms with Crippen LogP contribution in [0.1, 0.15) is 42.8 Å². The van der Waals surface area contributed by atoms with Gasteiger partial charge in [0, 0.05) is 0 Å². The zero-order valence-corrected chi connectivity index (χ0v) is 16.7. The Hall–Kier alpha value is -3.81. The summed E-state index contributed by atoms with van der Waals surface area (Å²) in [6.45, 7) is 3.98. The molecule has 8 heteroatoms. The predicted molar refractivity (Wildman–Crippen MR) is 110 cm³/mol. The summed E-state index contributed by atoms with van der Waals surface area (Å²) < 4.78 is 5.44. The minimum atomic E-state index is -0.453. The Morgan fingerprint density at radius 1 is 1.00 bits per heavy atom. The van der Waals surface area contributed by atoms with Crippen LogP contribution in [0.15, 0.2) is 71.5 Å². The van der Waals surface area contributed by atoms with Crippen molar-refractivity contribution < 1.29 is 9.32 Å². The molecule has 30 heavy (non-hydrogen) atoms. The van der Waals surface area contributed by atoms with E-state index in [1.807, 2.05) is 74.5 Å². The number of amides is 1. The Labute approximate surface area is 173 Å². The third kappa shape index (κ3) is 4.12. The summed E-state index contributed by atoms with van der Waals surface area (Å²) >= 11 is 0. The average Bonchev–Trinajstić information content (AvgIpc) is 3.45. The first-order valence-corrected chi connectivity index (χ1v) is 9.73. The number of benzene rings is 2. The number of carbonyl (C=O) groups is 1. The van der Waals surface area contributed by atoms with Gasteiger partial charge in [0.15, 0.2) is 5.82 Å². The molecule has 4 aromatic rings. The van der Waals surface area contributed by atoms with E-state index in [2.05, 4.69) is 30.6 Å². The standard InChI is InChI=1S/C22H22N6O2/c1-14(2)18(22-26-20(28-30-22)19-23-13-24-27-19)25-21(29)17(15-9-5-3-6-10-15)16-11-7-4-8-12-16/h3-14,17-18H,1-2H3,(H,25,29)(H,23,24,27)/t18-/m0/s1. The number of nitrogens with one attached hydrogen (secondary N) is 2. The Bertz CT molecular complexity index is 1040. The Morgan fingerprint density at radius 2 is 1.63 bits per heavy atom. The van der Waals surface area contributed by atoms with Crippen LogP contribution in [0.4, 0.5) is 0 Å². The lowest BCUT2D eigenvalue weighted by Crippen LogP contribution is -2.36. The smallest absolute Gasteiger partial charge is 0.249 e. The molecule has 0 saturated carbocycles. The van der Waals surface area contributed by atoms with E-state index in [1.54, 1.807) is 0 Å². The minimum Gasteiger partial charge on any atom is -0.343 e. The lowest BCUT2D eigenvalue weighted by Gasteiger charge is -2.23. The van der Waals surface area contributed by atoms with Crippen LogP contribution in [0, 0.1) is 5.92 Å². The van der Waals surface area contributed by atoms with E-state index in [4.69, 9.17) is 4.52 Å². The van der Waals surface area contributed by atoms with E-state index in [-0.39, 0.29) is 11.8 Å². The maximum absolute atomic E-state index is 13.4. The van der Waals surface area contributed by atoms with Crippen LogP contribution in [-0.2, 0) is 4.79 Å². The normalized spacial score (nSPS) is 12.3. The molecule has 0 unspecified atom stereocenters. The van der Waals surface area contributed by atoms with E-state index in [0.29, 0.717) is 17.5 Å². The fourth-order valence-corrected chi connectivity index (χ4v) is 3.31. The molecule has 2 aromatic heterocycles. The van der Waals surface area contributed by atoms with Gasteiger partial charge in [0.05, 0.1) is 5.92 Å². The SMILES string of the molecule is CC(C)[C@H](NC(=O)C(c1ccccc1)c1ccccc1)c1nc(-c2ncn[nH]2)no1. The van der Waals surface area contributed by atoms with Gasteiger partial charge in [0.1, 0.15) is 12.4 Å². The zero-order chi connectivity index (χ0) is 20.9. The highest BCUT2D eigenvalue weighted by Crippen LogP contribution is 2.28. The summed E-state index contributed by atoms with van der Waals surface area (Å²) in [6.07, 6.45) is 1.37. The summed E-state index contributed by atoms with van der Waals surface area (Å²) in [6, 6.07) is 19.0. The van der Waals surface area contributed by atoms with Gasteiger partial charge in [-0.05, 0) is 17.0 Å². The van der Waals surface area contributed by atoms with Gasteiger partial charge in [0.2, 0.25) is 17.6 Å². The fraction of sp³-hybridized carbons (Fsp3) is 0.227. The maximum atomic E-state index is 13.4. The summed E-state index contributed by atoms with van der Waals surface area (Å²) in [4.78, 5) is 21.9. The second kappa shape index (κ2) is 8.69. The predicted octanol–water partition coefficient (Wildman–Crippen LogP) is 3.50. The van der Waals surface area contributed by atoms with Crippen molar-refractivity contribution in [1.29, 1.82) is 0 Å². The molecule has 2 heterocycles. The lowest BCUT2D eigenvalue weighted by molar-refractivity contribution is -0.123. The van der Waals surface area contributed by atoms with Gasteiger partial charge in [0.25, 0.3) is 0 Å². The van der Waals surface area contributed by atoms with Crippen LogP contribution >= 0.6 is 0 Å². The second-order valence-electron chi connectivity index (χ2n) is 7.27.